The van der Waals surface area contributed by atoms with Gasteiger partial charge >= 0.3 is 0 Å². The van der Waals surface area contributed by atoms with Gasteiger partial charge in [-0.1, -0.05) is 30.3 Å². The molecule has 0 N–H and O–H groups in total. The van der Waals surface area contributed by atoms with Crippen LogP contribution in [0, 0.1) is 23.6 Å². The summed E-state index contributed by atoms with van der Waals surface area (Å²) in [5.41, 5.74) is 0.336. The number of anilines is 1. The molecule has 5 aliphatic rings. The highest BCUT2D eigenvalue weighted by molar-refractivity contribution is 8.14. The van der Waals surface area contributed by atoms with Crippen molar-refractivity contribution in [3.05, 3.63) is 29.0 Å². The summed E-state index contributed by atoms with van der Waals surface area (Å²) in [6.07, 6.45) is 8.52. The van der Waals surface area contributed by atoms with Crippen molar-refractivity contribution in [2.75, 3.05) is 17.2 Å². The molecular formula is C24H31ClFN3OS. The number of rotatable bonds is 5. The fourth-order valence-electron chi connectivity index (χ4n) is 6.86. The lowest BCUT2D eigenvalue weighted by Crippen LogP contribution is -2.52. The molecule has 1 unspecified atom stereocenters. The van der Waals surface area contributed by atoms with Crippen LogP contribution in [0.5, 0.6) is 0 Å². The minimum atomic E-state index is -0.424. The van der Waals surface area contributed by atoms with Crippen LogP contribution in [0.15, 0.2) is 23.2 Å². The van der Waals surface area contributed by atoms with Crippen LogP contribution in [0.3, 0.4) is 0 Å². The Morgan fingerprint density at radius 2 is 1.90 bits per heavy atom. The van der Waals surface area contributed by atoms with Gasteiger partial charge in [0.05, 0.1) is 11.2 Å². The van der Waals surface area contributed by atoms with Crippen LogP contribution in [0.4, 0.5) is 10.1 Å². The molecule has 1 saturated heterocycles. The maximum Gasteiger partial charge on any atom is 0.225 e. The molecule has 4 aliphatic carbocycles. The van der Waals surface area contributed by atoms with Gasteiger partial charge in [-0.3, -0.25) is 14.7 Å². The first-order chi connectivity index (χ1) is 14.9. The van der Waals surface area contributed by atoms with Gasteiger partial charge in [0, 0.05) is 24.2 Å². The molecule has 4 saturated carbocycles. The number of carbonyl (C=O) groups is 1. The Bertz CT molecular complexity index is 872. The largest absolute Gasteiger partial charge is 0.330 e. The van der Waals surface area contributed by atoms with Crippen molar-refractivity contribution in [1.82, 2.24) is 4.90 Å². The maximum atomic E-state index is 14.7. The molecule has 5 fully saturated rings. The van der Waals surface area contributed by atoms with Gasteiger partial charge in [-0.05, 0) is 80.9 Å². The topological polar surface area (TPSA) is 35.9 Å². The van der Waals surface area contributed by atoms with Crippen molar-refractivity contribution >= 4 is 40.1 Å². The smallest absolute Gasteiger partial charge is 0.225 e. The minimum Gasteiger partial charge on any atom is -0.330 e. The second-order valence-electron chi connectivity index (χ2n) is 10.0. The molecule has 1 amide bonds. The van der Waals surface area contributed by atoms with E-state index in [1.54, 1.807) is 22.7 Å². The number of halogens is 2. The molecule has 1 heterocycles. The molecule has 4 nitrogen and oxygen atoms in total. The zero-order valence-corrected chi connectivity index (χ0v) is 19.9. The summed E-state index contributed by atoms with van der Waals surface area (Å²) in [6.45, 7) is 4.44. The second-order valence-corrected chi connectivity index (χ2v) is 11.4. The molecule has 31 heavy (non-hydrogen) atoms. The summed E-state index contributed by atoms with van der Waals surface area (Å²) in [7, 11) is 0. The van der Waals surface area contributed by atoms with Gasteiger partial charge in [0.25, 0.3) is 0 Å². The molecule has 168 valence electrons. The molecule has 1 aliphatic heterocycles. The van der Waals surface area contributed by atoms with Crippen LogP contribution in [0.25, 0.3) is 0 Å². The monoisotopic (exact) mass is 463 g/mol. The van der Waals surface area contributed by atoms with E-state index >= 15 is 0 Å². The van der Waals surface area contributed by atoms with E-state index in [-0.39, 0.29) is 23.3 Å². The lowest BCUT2D eigenvalue weighted by molar-refractivity contribution is -0.117. The Hall–Kier alpha value is -1.27. The van der Waals surface area contributed by atoms with Gasteiger partial charge in [0.15, 0.2) is 5.17 Å². The Morgan fingerprint density at radius 3 is 2.48 bits per heavy atom. The highest BCUT2D eigenvalue weighted by atomic mass is 35.5. The Kier molecular flexibility index (Phi) is 5.74. The molecule has 7 heteroatoms. The van der Waals surface area contributed by atoms with Crippen LogP contribution in [-0.2, 0) is 4.79 Å². The molecule has 6 rings (SSSR count). The summed E-state index contributed by atoms with van der Waals surface area (Å²) in [5, 5.41) is 1.47. The van der Waals surface area contributed by atoms with Crippen LogP contribution >= 0.6 is 23.4 Å². The molecule has 0 spiro atoms. The number of aliphatic imine (C=N–C) groups is 1. The summed E-state index contributed by atoms with van der Waals surface area (Å²) >= 11 is 7.88. The molecule has 4 bridgehead atoms. The molecule has 1 aromatic carbocycles. The number of hydrogen-bond donors (Lipinski definition) is 0. The summed E-state index contributed by atoms with van der Waals surface area (Å²) in [5.74, 6) is 2.61. The van der Waals surface area contributed by atoms with Crippen molar-refractivity contribution in [2.24, 2.45) is 22.7 Å². The average Bonchev–Trinajstić information content (AvgIpc) is 3.05. The standard InChI is InChI=1S/C24H31ClFN3OS/c1-3-6-28-22(29(15(2)30)21-10-19(25)4-5-20(21)26)14-31-23(28)27-24-11-16-7-17(12-24)9-18(8-16)13-24/h4-5,10,16-18,22H,3,6-9,11-14H2,1-2H3. The molecular weight excluding hydrogens is 433 g/mol. The summed E-state index contributed by atoms with van der Waals surface area (Å²) in [4.78, 5) is 22.0. The van der Waals surface area contributed by atoms with Gasteiger partial charge in [0.2, 0.25) is 5.91 Å². The molecule has 1 atom stereocenters. The van der Waals surface area contributed by atoms with E-state index in [1.807, 2.05) is 0 Å². The van der Waals surface area contributed by atoms with Crippen molar-refractivity contribution in [3.8, 4) is 0 Å². The second kappa shape index (κ2) is 8.26. The highest BCUT2D eigenvalue weighted by Crippen LogP contribution is 2.57. The van der Waals surface area contributed by atoms with Gasteiger partial charge in [-0.15, -0.1) is 0 Å². The average molecular weight is 464 g/mol. The summed E-state index contributed by atoms with van der Waals surface area (Å²) in [6, 6.07) is 4.41. The van der Waals surface area contributed by atoms with Gasteiger partial charge in [-0.2, -0.15) is 0 Å². The SMILES string of the molecule is CCCN1C(=NC23CC4CC(CC(C4)C2)C3)SCC1N(C(C)=O)c1cc(Cl)ccc1F. The lowest BCUT2D eigenvalue weighted by Gasteiger charge is -2.55. The van der Waals surface area contributed by atoms with E-state index in [2.05, 4.69) is 11.8 Å². The molecule has 0 radical (unpaired) electrons. The Balaban J connectivity index is 1.47. The highest BCUT2D eigenvalue weighted by Gasteiger charge is 2.52. The Morgan fingerprint density at radius 1 is 1.26 bits per heavy atom. The Labute approximate surface area is 193 Å². The third kappa shape index (κ3) is 3.99. The zero-order valence-electron chi connectivity index (χ0n) is 18.3. The number of nitrogens with zero attached hydrogens (tertiary/aromatic N) is 3. The van der Waals surface area contributed by atoms with E-state index in [4.69, 9.17) is 16.6 Å². The first kappa shape index (κ1) is 21.6. The quantitative estimate of drug-likeness (QED) is 0.542. The first-order valence-corrected chi connectivity index (χ1v) is 13.0. The van der Waals surface area contributed by atoms with Gasteiger partial charge in [0.1, 0.15) is 12.0 Å². The normalized spacial score (nSPS) is 35.2. The van der Waals surface area contributed by atoms with E-state index < -0.39 is 5.82 Å². The fourth-order valence-corrected chi connectivity index (χ4v) is 8.29. The van der Waals surface area contributed by atoms with E-state index in [1.165, 1.54) is 57.6 Å². The van der Waals surface area contributed by atoms with E-state index in [0.717, 1.165) is 35.9 Å². The van der Waals surface area contributed by atoms with Crippen LogP contribution < -0.4 is 4.90 Å². The lowest BCUT2D eigenvalue weighted by atomic mass is 9.53. The van der Waals surface area contributed by atoms with Crippen LogP contribution in [0.2, 0.25) is 5.02 Å². The first-order valence-electron chi connectivity index (χ1n) is 11.6. The minimum absolute atomic E-state index is 0.0837. The molecule has 0 aromatic heterocycles. The number of amidine groups is 1. The molecule has 1 aromatic rings. The van der Waals surface area contributed by atoms with E-state index in [0.29, 0.717) is 10.8 Å². The van der Waals surface area contributed by atoms with Crippen molar-refractivity contribution in [2.45, 2.75) is 70.5 Å². The number of hydrogen-bond acceptors (Lipinski definition) is 3. The van der Waals surface area contributed by atoms with Crippen LogP contribution in [0.1, 0.15) is 58.8 Å². The third-order valence-electron chi connectivity index (χ3n) is 7.58. The number of thioether (sulfide) groups is 1. The number of carbonyl (C=O) groups excluding carboxylic acids is 1. The van der Waals surface area contributed by atoms with Gasteiger partial charge in [-0.25, -0.2) is 4.39 Å². The van der Waals surface area contributed by atoms with Crippen molar-refractivity contribution in [1.29, 1.82) is 0 Å². The van der Waals surface area contributed by atoms with Crippen molar-refractivity contribution in [3.63, 3.8) is 0 Å². The number of amides is 1. The van der Waals surface area contributed by atoms with E-state index in [9.17, 15) is 9.18 Å². The predicted molar refractivity (Wildman–Crippen MR) is 126 cm³/mol. The van der Waals surface area contributed by atoms with Gasteiger partial charge < -0.3 is 4.90 Å². The zero-order chi connectivity index (χ0) is 21.8. The predicted octanol–water partition coefficient (Wildman–Crippen LogP) is 5.94. The number of benzene rings is 1. The van der Waals surface area contributed by atoms with Crippen molar-refractivity contribution < 1.29 is 9.18 Å². The third-order valence-corrected chi connectivity index (χ3v) is 8.86. The maximum absolute atomic E-state index is 14.7. The summed E-state index contributed by atoms with van der Waals surface area (Å²) < 4.78 is 14.7. The fraction of sp³-hybridized carbons (Fsp3) is 0.667. The van der Waals surface area contributed by atoms with Crippen LogP contribution in [-0.4, -0.2) is 40.0 Å².